The number of carboxylic acids is 2. The van der Waals surface area contributed by atoms with Crippen molar-refractivity contribution in [1.29, 1.82) is 0 Å². The minimum absolute atomic E-state index is 0.0424. The molecule has 0 saturated heterocycles. The van der Waals surface area contributed by atoms with Crippen molar-refractivity contribution in [3.8, 4) is 0 Å². The molecule has 9 N–H and O–H groups in total. The molecule has 33 heavy (non-hydrogen) atoms. The van der Waals surface area contributed by atoms with Gasteiger partial charge >= 0.3 is 11.9 Å². The maximum Gasteiger partial charge on any atom is 0.326 e. The van der Waals surface area contributed by atoms with Gasteiger partial charge < -0.3 is 37.6 Å². The Morgan fingerprint density at radius 3 is 1.79 bits per heavy atom. The second-order valence-corrected chi connectivity index (χ2v) is 8.24. The second-order valence-electron chi connectivity index (χ2n) is 7.88. The average molecular weight is 492 g/mol. The number of nitrogens with two attached hydrogens (primary N) is 2. The zero-order valence-corrected chi connectivity index (χ0v) is 19.5. The summed E-state index contributed by atoms with van der Waals surface area (Å²) in [5, 5.41) is 25.0. The number of primary amides is 1. The summed E-state index contributed by atoms with van der Waals surface area (Å²) in [6.07, 6.45) is -0.827. The number of hydrogen-bond acceptors (Lipinski definition) is 8. The van der Waals surface area contributed by atoms with E-state index in [0.717, 1.165) is 0 Å². The number of aliphatic carboxylic acids is 2. The van der Waals surface area contributed by atoms with E-state index >= 15 is 0 Å². The van der Waals surface area contributed by atoms with Crippen molar-refractivity contribution < 1.29 is 39.0 Å². The first kappa shape index (κ1) is 30.1. The van der Waals surface area contributed by atoms with E-state index in [1.165, 1.54) is 0 Å². The van der Waals surface area contributed by atoms with Crippen molar-refractivity contribution in [3.63, 3.8) is 0 Å². The number of nitrogens with one attached hydrogen (secondary N) is 3. The molecule has 0 fully saturated rings. The van der Waals surface area contributed by atoms with Gasteiger partial charge in [-0.25, -0.2) is 4.79 Å². The lowest BCUT2D eigenvalue weighted by Gasteiger charge is -2.24. The molecule has 0 aromatic carbocycles. The van der Waals surface area contributed by atoms with E-state index in [-0.39, 0.29) is 43.8 Å². The number of carboxylic acid groups (broad SMARTS) is 2. The summed E-state index contributed by atoms with van der Waals surface area (Å²) >= 11 is 4.00. The highest BCUT2D eigenvalue weighted by molar-refractivity contribution is 7.80. The predicted octanol–water partition coefficient (Wildman–Crippen LogP) is -2.04. The monoisotopic (exact) mass is 491 g/mol. The van der Waals surface area contributed by atoms with Crippen LogP contribution in [0, 0.1) is 5.92 Å². The van der Waals surface area contributed by atoms with Crippen LogP contribution in [0.3, 0.4) is 0 Å². The van der Waals surface area contributed by atoms with Gasteiger partial charge in [-0.05, 0) is 25.2 Å². The molecule has 0 aliphatic heterocycles. The highest BCUT2D eigenvalue weighted by Gasteiger charge is 2.30. The maximum absolute atomic E-state index is 12.7. The SMILES string of the molecule is CC(C)CC(NC(=O)C(CCC(N)=O)NC(=O)C(CS)NC(=O)C(N)CCC(=O)O)C(=O)O. The molecule has 14 heteroatoms. The fraction of sp³-hybridized carbons (Fsp3) is 0.684. The third-order valence-corrected chi connectivity index (χ3v) is 4.82. The van der Waals surface area contributed by atoms with Crippen LogP contribution in [-0.2, 0) is 28.8 Å². The number of thiol groups is 1. The van der Waals surface area contributed by atoms with E-state index in [0.29, 0.717) is 0 Å². The summed E-state index contributed by atoms with van der Waals surface area (Å²) in [6, 6.07) is -4.93. The van der Waals surface area contributed by atoms with E-state index in [1.807, 2.05) is 0 Å². The van der Waals surface area contributed by atoms with E-state index in [9.17, 15) is 33.9 Å². The van der Waals surface area contributed by atoms with Crippen molar-refractivity contribution in [2.45, 2.75) is 70.1 Å². The van der Waals surface area contributed by atoms with Gasteiger partial charge in [0.2, 0.25) is 23.6 Å². The van der Waals surface area contributed by atoms with E-state index in [2.05, 4.69) is 28.6 Å². The summed E-state index contributed by atoms with van der Waals surface area (Å²) in [6.45, 7) is 3.55. The number of rotatable bonds is 16. The molecule has 0 saturated carbocycles. The smallest absolute Gasteiger partial charge is 0.326 e. The summed E-state index contributed by atoms with van der Waals surface area (Å²) < 4.78 is 0. The van der Waals surface area contributed by atoms with Crippen LogP contribution in [0.4, 0.5) is 0 Å². The van der Waals surface area contributed by atoms with Crippen molar-refractivity contribution in [1.82, 2.24) is 16.0 Å². The lowest BCUT2D eigenvalue weighted by atomic mass is 10.0. The van der Waals surface area contributed by atoms with Crippen molar-refractivity contribution in [2.24, 2.45) is 17.4 Å². The topological polar surface area (TPSA) is 231 Å². The van der Waals surface area contributed by atoms with Crippen LogP contribution in [-0.4, -0.2) is 75.7 Å². The molecule has 0 aliphatic carbocycles. The number of hydrogen-bond donors (Lipinski definition) is 8. The minimum Gasteiger partial charge on any atom is -0.481 e. The zero-order chi connectivity index (χ0) is 25.7. The highest BCUT2D eigenvalue weighted by Crippen LogP contribution is 2.07. The van der Waals surface area contributed by atoms with Gasteiger partial charge in [0, 0.05) is 18.6 Å². The number of carbonyl (C=O) groups excluding carboxylic acids is 4. The molecule has 0 aliphatic rings. The van der Waals surface area contributed by atoms with Gasteiger partial charge in [0.05, 0.1) is 6.04 Å². The van der Waals surface area contributed by atoms with E-state index in [4.69, 9.17) is 16.6 Å². The van der Waals surface area contributed by atoms with Gasteiger partial charge in [0.15, 0.2) is 0 Å². The van der Waals surface area contributed by atoms with E-state index in [1.54, 1.807) is 13.8 Å². The summed E-state index contributed by atoms with van der Waals surface area (Å²) in [4.78, 5) is 70.6. The molecule has 4 amide bonds. The Labute approximate surface area is 196 Å². The lowest BCUT2D eigenvalue weighted by Crippen LogP contribution is -2.57. The van der Waals surface area contributed by atoms with Crippen LogP contribution < -0.4 is 27.4 Å². The Bertz CT molecular complexity index is 733. The molecule has 0 aromatic heterocycles. The highest BCUT2D eigenvalue weighted by atomic mass is 32.1. The maximum atomic E-state index is 12.7. The normalized spacial score (nSPS) is 14.5. The molecule has 4 unspecified atom stereocenters. The van der Waals surface area contributed by atoms with Gasteiger partial charge in [-0.1, -0.05) is 13.8 Å². The van der Waals surface area contributed by atoms with E-state index < -0.39 is 59.7 Å². The molecule has 0 aromatic rings. The number of carbonyl (C=O) groups is 6. The minimum atomic E-state index is -1.31. The van der Waals surface area contributed by atoms with Gasteiger partial charge in [0.1, 0.15) is 18.1 Å². The Morgan fingerprint density at radius 2 is 1.33 bits per heavy atom. The standard InChI is InChI=1S/C19H33N5O8S/c1-9(2)7-12(19(31)32)23-17(29)11(4-5-14(21)25)22-18(30)13(8-33)24-16(28)10(20)3-6-15(26)27/h9-13,33H,3-8,20H2,1-2H3,(H2,21,25)(H,22,30)(H,23,29)(H,24,28)(H,26,27)(H,31,32). The molecule has 188 valence electrons. The van der Waals surface area contributed by atoms with Crippen LogP contribution in [0.15, 0.2) is 0 Å². The van der Waals surface area contributed by atoms with Crippen molar-refractivity contribution in [3.05, 3.63) is 0 Å². The lowest BCUT2D eigenvalue weighted by molar-refractivity contribution is -0.143. The molecular weight excluding hydrogens is 458 g/mol. The first-order valence-electron chi connectivity index (χ1n) is 10.3. The quantitative estimate of drug-likeness (QED) is 0.111. The fourth-order valence-corrected chi connectivity index (χ4v) is 2.93. The molecule has 0 rings (SSSR count). The molecule has 0 spiro atoms. The molecule has 4 atom stereocenters. The first-order valence-corrected chi connectivity index (χ1v) is 10.9. The van der Waals surface area contributed by atoms with Crippen LogP contribution >= 0.6 is 12.6 Å². The summed E-state index contributed by atoms with van der Waals surface area (Å²) in [5.41, 5.74) is 10.7. The Balaban J connectivity index is 5.30. The number of amides is 4. The first-order chi connectivity index (χ1) is 15.3. The predicted molar refractivity (Wildman–Crippen MR) is 120 cm³/mol. The summed E-state index contributed by atoms with van der Waals surface area (Å²) in [7, 11) is 0. The van der Waals surface area contributed by atoms with Crippen molar-refractivity contribution in [2.75, 3.05) is 5.75 Å². The van der Waals surface area contributed by atoms with Crippen molar-refractivity contribution >= 4 is 48.2 Å². The molecule has 0 bridgehead atoms. The Hall–Kier alpha value is -2.87. The zero-order valence-electron chi connectivity index (χ0n) is 18.6. The second kappa shape index (κ2) is 15.1. The van der Waals surface area contributed by atoms with Crippen LogP contribution in [0.1, 0.15) is 46.0 Å². The summed E-state index contributed by atoms with van der Waals surface area (Å²) in [5.74, 6) is -5.80. The molecule has 13 nitrogen and oxygen atoms in total. The molecule has 0 heterocycles. The van der Waals surface area contributed by atoms with Crippen LogP contribution in [0.2, 0.25) is 0 Å². The Kier molecular flexibility index (Phi) is 13.7. The fourth-order valence-electron chi connectivity index (χ4n) is 2.68. The van der Waals surface area contributed by atoms with Gasteiger partial charge in [0.25, 0.3) is 0 Å². The third-order valence-electron chi connectivity index (χ3n) is 4.46. The van der Waals surface area contributed by atoms with Crippen LogP contribution in [0.5, 0.6) is 0 Å². The van der Waals surface area contributed by atoms with Gasteiger partial charge in [-0.2, -0.15) is 12.6 Å². The Morgan fingerprint density at radius 1 is 0.818 bits per heavy atom. The largest absolute Gasteiger partial charge is 0.481 e. The third kappa shape index (κ3) is 12.7. The molecule has 0 radical (unpaired) electrons. The van der Waals surface area contributed by atoms with Gasteiger partial charge in [-0.3, -0.25) is 24.0 Å². The average Bonchev–Trinajstić information content (AvgIpc) is 2.71. The van der Waals surface area contributed by atoms with Crippen LogP contribution in [0.25, 0.3) is 0 Å². The molecular formula is C19H33N5O8S. The van der Waals surface area contributed by atoms with Gasteiger partial charge in [-0.15, -0.1) is 0 Å².